The highest BCUT2D eigenvalue weighted by Crippen LogP contribution is 2.50. The second-order valence-corrected chi connectivity index (χ2v) is 11.7. The first-order valence-electron chi connectivity index (χ1n) is 13.2. The van der Waals surface area contributed by atoms with Crippen LogP contribution in [0.15, 0.2) is 83.1 Å². The van der Waals surface area contributed by atoms with E-state index in [0.717, 1.165) is 37.3 Å². The summed E-state index contributed by atoms with van der Waals surface area (Å²) in [5.41, 5.74) is 10.0. The van der Waals surface area contributed by atoms with Crippen LogP contribution in [0.4, 0.5) is 11.4 Å². The standard InChI is InChI=1S/C31H37N3OS2/c1-2-3-21-36-31(37-22-13-5-8-20-29(35)33-32)30-25-16-9-11-18-27(25)34(23-24-14-6-4-7-15-24)28-19-12-10-17-26(28)30/h4,6-7,9-12,14-19H,2-3,5,8,13,20-23,32H2,1H3,(H,33,35). The number of benzene rings is 3. The average molecular weight is 532 g/mol. The van der Waals surface area contributed by atoms with Crippen molar-refractivity contribution in [3.05, 3.63) is 99.8 Å². The number of nitrogens with two attached hydrogens (primary N) is 1. The van der Waals surface area contributed by atoms with Crippen LogP contribution in [-0.4, -0.2) is 17.4 Å². The van der Waals surface area contributed by atoms with E-state index >= 15 is 0 Å². The minimum absolute atomic E-state index is 0.0824. The van der Waals surface area contributed by atoms with Gasteiger partial charge in [0.1, 0.15) is 0 Å². The molecule has 1 amide bonds. The van der Waals surface area contributed by atoms with Crippen LogP contribution in [0, 0.1) is 0 Å². The van der Waals surface area contributed by atoms with Crippen LogP contribution in [0.25, 0.3) is 5.57 Å². The molecule has 37 heavy (non-hydrogen) atoms. The van der Waals surface area contributed by atoms with Gasteiger partial charge in [0.2, 0.25) is 5.91 Å². The molecule has 0 atom stereocenters. The molecular weight excluding hydrogens is 494 g/mol. The molecule has 0 fully saturated rings. The fourth-order valence-electron chi connectivity index (χ4n) is 4.57. The van der Waals surface area contributed by atoms with Gasteiger partial charge in [-0.05, 0) is 48.5 Å². The lowest BCUT2D eigenvalue weighted by Crippen LogP contribution is -2.29. The third-order valence-corrected chi connectivity index (χ3v) is 9.11. The second kappa shape index (κ2) is 14.3. The number of nitrogens with zero attached hydrogens (tertiary/aromatic N) is 1. The van der Waals surface area contributed by atoms with Crippen LogP contribution >= 0.6 is 23.5 Å². The van der Waals surface area contributed by atoms with Gasteiger partial charge in [0.05, 0.1) is 0 Å². The maximum Gasteiger partial charge on any atom is 0.233 e. The van der Waals surface area contributed by atoms with Gasteiger partial charge in [-0.15, -0.1) is 23.5 Å². The molecule has 194 valence electrons. The highest BCUT2D eigenvalue weighted by atomic mass is 32.2. The maximum atomic E-state index is 11.4. The zero-order chi connectivity index (χ0) is 25.9. The predicted molar refractivity (Wildman–Crippen MR) is 162 cm³/mol. The summed E-state index contributed by atoms with van der Waals surface area (Å²) >= 11 is 3.98. The number of para-hydroxylation sites is 2. The van der Waals surface area contributed by atoms with E-state index in [1.807, 2.05) is 23.5 Å². The molecule has 0 spiro atoms. The van der Waals surface area contributed by atoms with Crippen LogP contribution in [0.1, 0.15) is 62.1 Å². The number of fused-ring (bicyclic) bond motifs is 2. The largest absolute Gasteiger partial charge is 0.336 e. The van der Waals surface area contributed by atoms with E-state index in [-0.39, 0.29) is 5.91 Å². The SMILES string of the molecule is CCCCSC(SCCCCCC(=O)NN)=C1c2ccccc2N(Cc2ccccc2)c2ccccc21. The molecule has 3 aromatic rings. The average Bonchev–Trinajstić information content (AvgIpc) is 2.94. The Hall–Kier alpha value is -2.67. The molecule has 4 nitrogen and oxygen atoms in total. The van der Waals surface area contributed by atoms with Gasteiger partial charge in [0, 0.05) is 45.3 Å². The molecule has 6 heteroatoms. The summed E-state index contributed by atoms with van der Waals surface area (Å²) < 4.78 is 1.41. The summed E-state index contributed by atoms with van der Waals surface area (Å²) in [4.78, 5) is 13.9. The summed E-state index contributed by atoms with van der Waals surface area (Å²) in [6.07, 6.45) is 5.88. The number of anilines is 2. The molecule has 0 unspecified atom stereocenters. The Bertz CT molecular complexity index is 1150. The Kier molecular flexibility index (Phi) is 10.6. The first-order valence-corrected chi connectivity index (χ1v) is 15.2. The topological polar surface area (TPSA) is 58.4 Å². The fourth-order valence-corrected chi connectivity index (χ4v) is 7.28. The summed E-state index contributed by atoms with van der Waals surface area (Å²) in [7, 11) is 0. The Morgan fingerprint density at radius 3 is 2.00 bits per heavy atom. The van der Waals surface area contributed by atoms with Crippen LogP contribution in [0.2, 0.25) is 0 Å². The minimum atomic E-state index is -0.0824. The van der Waals surface area contributed by atoms with E-state index in [2.05, 4.69) is 96.1 Å². The van der Waals surface area contributed by atoms with Crippen molar-refractivity contribution in [2.75, 3.05) is 16.4 Å². The van der Waals surface area contributed by atoms with Crippen LogP contribution in [0.5, 0.6) is 0 Å². The van der Waals surface area contributed by atoms with Crippen molar-refractivity contribution in [1.82, 2.24) is 5.43 Å². The van der Waals surface area contributed by atoms with Crippen LogP contribution in [-0.2, 0) is 11.3 Å². The lowest BCUT2D eigenvalue weighted by atomic mass is 9.91. The van der Waals surface area contributed by atoms with Crippen molar-refractivity contribution in [1.29, 1.82) is 0 Å². The van der Waals surface area contributed by atoms with Crippen molar-refractivity contribution >= 4 is 46.4 Å². The normalized spacial score (nSPS) is 12.2. The number of thioether (sulfide) groups is 2. The van der Waals surface area contributed by atoms with Gasteiger partial charge >= 0.3 is 0 Å². The number of unbranched alkanes of at least 4 members (excludes halogenated alkanes) is 3. The summed E-state index contributed by atoms with van der Waals surface area (Å²) in [5, 5.41) is 0. The van der Waals surface area contributed by atoms with Gasteiger partial charge in [-0.2, -0.15) is 0 Å². The molecule has 1 aliphatic rings. The van der Waals surface area contributed by atoms with Crippen molar-refractivity contribution in [3.8, 4) is 0 Å². The molecule has 1 heterocycles. The quantitative estimate of drug-likeness (QED) is 0.102. The number of hydrogen-bond acceptors (Lipinski definition) is 5. The molecule has 3 N–H and O–H groups in total. The molecule has 0 saturated carbocycles. The third kappa shape index (κ3) is 7.22. The highest BCUT2D eigenvalue weighted by molar-refractivity contribution is 8.22. The van der Waals surface area contributed by atoms with Gasteiger partial charge in [-0.3, -0.25) is 10.2 Å². The molecular formula is C31H37N3OS2. The van der Waals surface area contributed by atoms with Gasteiger partial charge in [-0.25, -0.2) is 5.84 Å². The van der Waals surface area contributed by atoms with Crippen LogP contribution < -0.4 is 16.2 Å². The molecule has 4 rings (SSSR count). The minimum Gasteiger partial charge on any atom is -0.336 e. The van der Waals surface area contributed by atoms with Crippen molar-refractivity contribution < 1.29 is 4.79 Å². The Morgan fingerprint density at radius 1 is 0.784 bits per heavy atom. The summed E-state index contributed by atoms with van der Waals surface area (Å²) in [6, 6.07) is 28.4. The zero-order valence-corrected chi connectivity index (χ0v) is 23.3. The Morgan fingerprint density at radius 2 is 1.38 bits per heavy atom. The predicted octanol–water partition coefficient (Wildman–Crippen LogP) is 7.87. The van der Waals surface area contributed by atoms with Crippen molar-refractivity contribution in [2.24, 2.45) is 5.84 Å². The summed E-state index contributed by atoms with van der Waals surface area (Å²) in [5.74, 6) is 7.29. The second-order valence-electron chi connectivity index (χ2n) is 9.20. The van der Waals surface area contributed by atoms with Crippen molar-refractivity contribution in [2.45, 2.75) is 52.0 Å². The molecule has 1 aliphatic heterocycles. The first-order chi connectivity index (χ1) is 18.2. The molecule has 0 aliphatic carbocycles. The van der Waals surface area contributed by atoms with Crippen LogP contribution in [0.3, 0.4) is 0 Å². The smallest absolute Gasteiger partial charge is 0.233 e. The van der Waals surface area contributed by atoms with Gasteiger partial charge < -0.3 is 4.90 Å². The monoisotopic (exact) mass is 531 g/mol. The number of carbonyl (C=O) groups excluding carboxylic acids is 1. The number of rotatable bonds is 13. The molecule has 0 radical (unpaired) electrons. The van der Waals surface area contributed by atoms with E-state index in [1.54, 1.807) is 0 Å². The van der Waals surface area contributed by atoms with Gasteiger partial charge in [0.25, 0.3) is 0 Å². The van der Waals surface area contributed by atoms with E-state index in [1.165, 1.54) is 50.7 Å². The van der Waals surface area contributed by atoms with E-state index < -0.39 is 0 Å². The van der Waals surface area contributed by atoms with Crippen molar-refractivity contribution in [3.63, 3.8) is 0 Å². The van der Waals surface area contributed by atoms with E-state index in [9.17, 15) is 4.79 Å². The Balaban J connectivity index is 1.66. The number of hydrazine groups is 1. The fraction of sp³-hybridized carbons (Fsp3) is 0.323. The lowest BCUT2D eigenvalue weighted by Gasteiger charge is -2.35. The number of amides is 1. The van der Waals surface area contributed by atoms with Gasteiger partial charge in [-0.1, -0.05) is 86.5 Å². The molecule has 3 aromatic carbocycles. The maximum absolute atomic E-state index is 11.4. The first kappa shape index (κ1) is 27.4. The zero-order valence-electron chi connectivity index (χ0n) is 21.6. The lowest BCUT2D eigenvalue weighted by molar-refractivity contribution is -0.121. The molecule has 0 aromatic heterocycles. The number of nitrogens with one attached hydrogen (secondary N) is 1. The Labute approximate surface area is 230 Å². The number of hydrogen-bond donors (Lipinski definition) is 2. The van der Waals surface area contributed by atoms with E-state index in [0.29, 0.717) is 6.42 Å². The molecule has 0 bridgehead atoms. The highest BCUT2D eigenvalue weighted by Gasteiger charge is 2.28. The van der Waals surface area contributed by atoms with E-state index in [4.69, 9.17) is 5.84 Å². The van der Waals surface area contributed by atoms with Gasteiger partial charge in [0.15, 0.2) is 0 Å². The summed E-state index contributed by atoms with van der Waals surface area (Å²) in [6.45, 7) is 3.09. The molecule has 0 saturated heterocycles. The third-order valence-electron chi connectivity index (χ3n) is 6.49. The number of carbonyl (C=O) groups is 1.